The van der Waals surface area contributed by atoms with Gasteiger partial charge in [-0.2, -0.15) is 5.10 Å². The molecule has 2 N–H and O–H groups in total. The number of hydrogen-bond donors (Lipinski definition) is 2. The third-order valence-electron chi connectivity index (χ3n) is 3.79. The van der Waals surface area contributed by atoms with Gasteiger partial charge in [-0.25, -0.2) is 9.67 Å². The summed E-state index contributed by atoms with van der Waals surface area (Å²) in [4.78, 5) is 17.5. The van der Waals surface area contributed by atoms with Crippen molar-refractivity contribution >= 4 is 23.2 Å². The number of carbonyl (C=O) groups is 1. The van der Waals surface area contributed by atoms with Crippen LogP contribution in [0.5, 0.6) is 0 Å². The molecule has 0 saturated carbocycles. The summed E-state index contributed by atoms with van der Waals surface area (Å²) in [6.45, 7) is 2.64. The molecule has 4 aromatic rings. The van der Waals surface area contributed by atoms with Crippen molar-refractivity contribution < 1.29 is 4.79 Å². The van der Waals surface area contributed by atoms with E-state index in [0.717, 1.165) is 16.1 Å². The van der Waals surface area contributed by atoms with Gasteiger partial charge in [0.15, 0.2) is 5.69 Å². The average molecular weight is 364 g/mol. The molecule has 0 saturated heterocycles. The third kappa shape index (κ3) is 3.55. The van der Waals surface area contributed by atoms with E-state index in [0.29, 0.717) is 12.2 Å². The Labute approximate surface area is 153 Å². The molecule has 0 spiro atoms. The summed E-state index contributed by atoms with van der Waals surface area (Å²) < 4.78 is 1.69. The molecule has 4 rings (SSSR count). The van der Waals surface area contributed by atoms with Crippen molar-refractivity contribution in [3.63, 3.8) is 0 Å². The Morgan fingerprint density at radius 3 is 3.00 bits per heavy atom. The minimum atomic E-state index is -0.350. The Morgan fingerprint density at radius 1 is 1.27 bits per heavy atom. The molecule has 3 aromatic heterocycles. The SMILES string of the molecule is Cc1cccc(Cn2cnc(NC(=O)c3cc(-c4cccs4)[nH]n3)n2)c1. The molecule has 7 nitrogen and oxygen atoms in total. The van der Waals surface area contributed by atoms with Crippen LogP contribution in [0.15, 0.2) is 54.2 Å². The standard InChI is InChI=1S/C18H16N6OS/c1-12-4-2-5-13(8-12)10-24-11-19-18(23-24)20-17(25)15-9-14(21-22-15)16-6-3-7-26-16/h2-9,11H,10H2,1H3,(H,21,22)(H,20,23,25). The molecule has 3 heterocycles. The molecule has 1 amide bonds. The highest BCUT2D eigenvalue weighted by Crippen LogP contribution is 2.23. The number of carbonyl (C=O) groups excluding carboxylic acids is 1. The zero-order valence-corrected chi connectivity index (χ0v) is 14.8. The van der Waals surface area contributed by atoms with Gasteiger partial charge in [-0.3, -0.25) is 15.2 Å². The first kappa shape index (κ1) is 16.2. The Balaban J connectivity index is 1.43. The molecule has 8 heteroatoms. The van der Waals surface area contributed by atoms with E-state index in [9.17, 15) is 4.79 Å². The summed E-state index contributed by atoms with van der Waals surface area (Å²) in [6, 6.07) is 13.8. The van der Waals surface area contributed by atoms with Crippen molar-refractivity contribution in [3.05, 3.63) is 71.0 Å². The van der Waals surface area contributed by atoms with Gasteiger partial charge < -0.3 is 0 Å². The maximum absolute atomic E-state index is 12.3. The number of aromatic nitrogens is 5. The van der Waals surface area contributed by atoms with Crippen molar-refractivity contribution in [2.45, 2.75) is 13.5 Å². The van der Waals surface area contributed by atoms with Gasteiger partial charge in [0.25, 0.3) is 5.91 Å². The van der Waals surface area contributed by atoms with Crippen LogP contribution in [0.2, 0.25) is 0 Å². The number of aromatic amines is 1. The van der Waals surface area contributed by atoms with Gasteiger partial charge in [0, 0.05) is 0 Å². The van der Waals surface area contributed by atoms with Crippen molar-refractivity contribution in [2.24, 2.45) is 0 Å². The maximum atomic E-state index is 12.3. The molecule has 1 aromatic carbocycles. The molecule has 0 fully saturated rings. The second-order valence-electron chi connectivity index (χ2n) is 5.85. The van der Waals surface area contributed by atoms with Gasteiger partial charge in [0.05, 0.1) is 17.1 Å². The fourth-order valence-electron chi connectivity index (χ4n) is 2.59. The normalized spacial score (nSPS) is 10.8. The Hall–Kier alpha value is -3.26. The van der Waals surface area contributed by atoms with E-state index in [4.69, 9.17) is 0 Å². The Bertz CT molecular complexity index is 1030. The highest BCUT2D eigenvalue weighted by molar-refractivity contribution is 7.13. The highest BCUT2D eigenvalue weighted by Gasteiger charge is 2.14. The monoisotopic (exact) mass is 364 g/mol. The van der Waals surface area contributed by atoms with Crippen molar-refractivity contribution in [3.8, 4) is 10.6 Å². The Morgan fingerprint density at radius 2 is 2.19 bits per heavy atom. The van der Waals surface area contributed by atoms with E-state index in [1.807, 2.05) is 42.6 Å². The second kappa shape index (κ2) is 6.93. The topological polar surface area (TPSA) is 88.5 Å². The molecule has 0 bridgehead atoms. The lowest BCUT2D eigenvalue weighted by molar-refractivity contribution is 0.102. The minimum Gasteiger partial charge on any atom is -0.288 e. The molecular weight excluding hydrogens is 348 g/mol. The number of nitrogens with zero attached hydrogens (tertiary/aromatic N) is 4. The summed E-state index contributed by atoms with van der Waals surface area (Å²) in [5, 5.41) is 15.9. The lowest BCUT2D eigenvalue weighted by atomic mass is 10.1. The van der Waals surface area contributed by atoms with Crippen LogP contribution in [0, 0.1) is 6.92 Å². The average Bonchev–Trinajstić information content (AvgIpc) is 3.36. The molecule has 0 aliphatic heterocycles. The molecule has 0 aliphatic rings. The number of hydrogen-bond acceptors (Lipinski definition) is 5. The summed E-state index contributed by atoms with van der Waals surface area (Å²) in [5.74, 6) is -0.0966. The number of aryl methyl sites for hydroxylation is 1. The van der Waals surface area contributed by atoms with E-state index in [1.54, 1.807) is 28.4 Å². The third-order valence-corrected chi connectivity index (χ3v) is 4.69. The van der Waals surface area contributed by atoms with E-state index < -0.39 is 0 Å². The molecule has 0 radical (unpaired) electrons. The summed E-state index contributed by atoms with van der Waals surface area (Å²) in [7, 11) is 0. The fraction of sp³-hybridized carbons (Fsp3) is 0.111. The van der Waals surface area contributed by atoms with Crippen LogP contribution in [-0.2, 0) is 6.54 Å². The zero-order chi connectivity index (χ0) is 17.9. The molecule has 0 unspecified atom stereocenters. The number of anilines is 1. The molecule has 26 heavy (non-hydrogen) atoms. The van der Waals surface area contributed by atoms with E-state index in [2.05, 4.69) is 31.7 Å². The predicted octanol–water partition coefficient (Wildman–Crippen LogP) is 3.34. The van der Waals surface area contributed by atoms with E-state index >= 15 is 0 Å². The summed E-state index contributed by atoms with van der Waals surface area (Å²) in [6.07, 6.45) is 1.60. The molecule has 130 valence electrons. The Kier molecular flexibility index (Phi) is 4.32. The van der Waals surface area contributed by atoms with Gasteiger partial charge in [0.1, 0.15) is 6.33 Å². The quantitative estimate of drug-likeness (QED) is 0.568. The van der Waals surface area contributed by atoms with Crippen LogP contribution in [0.1, 0.15) is 21.6 Å². The zero-order valence-electron chi connectivity index (χ0n) is 14.0. The fourth-order valence-corrected chi connectivity index (χ4v) is 3.28. The van der Waals surface area contributed by atoms with Crippen LogP contribution >= 0.6 is 11.3 Å². The molecule has 0 atom stereocenters. The first-order valence-electron chi connectivity index (χ1n) is 8.03. The highest BCUT2D eigenvalue weighted by atomic mass is 32.1. The second-order valence-corrected chi connectivity index (χ2v) is 6.80. The number of amides is 1. The summed E-state index contributed by atoms with van der Waals surface area (Å²) in [5.41, 5.74) is 3.42. The van der Waals surface area contributed by atoms with Crippen molar-refractivity contribution in [2.75, 3.05) is 5.32 Å². The van der Waals surface area contributed by atoms with Crippen molar-refractivity contribution in [1.82, 2.24) is 25.0 Å². The first-order chi connectivity index (χ1) is 12.7. The smallest absolute Gasteiger partial charge is 0.278 e. The number of nitrogens with one attached hydrogen (secondary N) is 2. The summed E-state index contributed by atoms with van der Waals surface area (Å²) >= 11 is 1.58. The van der Waals surface area contributed by atoms with Crippen LogP contribution in [0.4, 0.5) is 5.95 Å². The van der Waals surface area contributed by atoms with Gasteiger partial charge >= 0.3 is 0 Å². The van der Waals surface area contributed by atoms with E-state index in [-0.39, 0.29) is 11.9 Å². The van der Waals surface area contributed by atoms with Crippen molar-refractivity contribution in [1.29, 1.82) is 0 Å². The number of thiophene rings is 1. The first-order valence-corrected chi connectivity index (χ1v) is 8.91. The van der Waals surface area contributed by atoms with Crippen LogP contribution in [-0.4, -0.2) is 30.9 Å². The van der Waals surface area contributed by atoms with Crippen LogP contribution in [0.3, 0.4) is 0 Å². The van der Waals surface area contributed by atoms with Gasteiger partial charge in [-0.15, -0.1) is 16.4 Å². The lowest BCUT2D eigenvalue weighted by Crippen LogP contribution is -2.14. The molecular formula is C18H16N6OS. The van der Waals surface area contributed by atoms with Gasteiger partial charge in [-0.05, 0) is 30.0 Å². The number of H-pyrrole nitrogens is 1. The lowest BCUT2D eigenvalue weighted by Gasteiger charge is -2.02. The van der Waals surface area contributed by atoms with Crippen LogP contribution in [0.25, 0.3) is 10.6 Å². The minimum absolute atomic E-state index is 0.253. The van der Waals surface area contributed by atoms with Gasteiger partial charge in [0.2, 0.25) is 5.95 Å². The van der Waals surface area contributed by atoms with E-state index in [1.165, 1.54) is 5.56 Å². The predicted molar refractivity (Wildman–Crippen MR) is 100 cm³/mol. The van der Waals surface area contributed by atoms with Crippen LogP contribution < -0.4 is 5.32 Å². The number of rotatable bonds is 5. The number of benzene rings is 1. The largest absolute Gasteiger partial charge is 0.288 e. The maximum Gasteiger partial charge on any atom is 0.278 e. The van der Waals surface area contributed by atoms with Gasteiger partial charge in [-0.1, -0.05) is 35.9 Å². The molecule has 0 aliphatic carbocycles.